The Morgan fingerprint density at radius 3 is 2.41 bits per heavy atom. The van der Waals surface area contributed by atoms with Crippen molar-refractivity contribution in [3.05, 3.63) is 126 Å². The van der Waals surface area contributed by atoms with Crippen molar-refractivity contribution in [2.24, 2.45) is 4.99 Å². The number of fused-ring (bicyclic) bond motifs is 2. The molecule has 0 bridgehead atoms. The second kappa shape index (κ2) is 10.3. The predicted molar refractivity (Wildman–Crippen MR) is 152 cm³/mol. The molecule has 0 spiro atoms. The first kappa shape index (κ1) is 26.4. The number of anilines is 1. The van der Waals surface area contributed by atoms with Gasteiger partial charge in [-0.3, -0.25) is 14.2 Å². The summed E-state index contributed by atoms with van der Waals surface area (Å²) in [6.07, 6.45) is 0. The van der Waals surface area contributed by atoms with Gasteiger partial charge in [0.1, 0.15) is 16.1 Å². The summed E-state index contributed by atoms with van der Waals surface area (Å²) in [5, 5.41) is 0. The Kier molecular flexibility index (Phi) is 6.63. The Bertz CT molecular complexity index is 1940. The Labute approximate surface area is 237 Å². The average molecular weight is 570 g/mol. The van der Waals surface area contributed by atoms with Crippen LogP contribution in [0.1, 0.15) is 29.7 Å². The molecule has 0 fully saturated rings. The molecule has 8 nitrogen and oxygen atoms in total. The van der Waals surface area contributed by atoms with Crippen LogP contribution in [-0.2, 0) is 20.9 Å². The van der Waals surface area contributed by atoms with Gasteiger partial charge in [-0.1, -0.05) is 59.9 Å². The number of halogens is 1. The fourth-order valence-corrected chi connectivity index (χ4v) is 6.43. The Balaban J connectivity index is 1.58. The van der Waals surface area contributed by atoms with E-state index in [9.17, 15) is 18.8 Å². The summed E-state index contributed by atoms with van der Waals surface area (Å²) in [7, 11) is 2.83. The van der Waals surface area contributed by atoms with Crippen molar-refractivity contribution in [1.29, 1.82) is 0 Å². The summed E-state index contributed by atoms with van der Waals surface area (Å²) in [6, 6.07) is 19.6. The maximum Gasteiger partial charge on any atom is 0.338 e. The fraction of sp³-hybridized carbons (Fsp3) is 0.161. The maximum absolute atomic E-state index is 14.5. The van der Waals surface area contributed by atoms with Crippen LogP contribution in [-0.4, -0.2) is 30.7 Å². The number of allylic oxidation sites excluding steroid dienone is 1. The third-order valence-electron chi connectivity index (χ3n) is 7.27. The van der Waals surface area contributed by atoms with Gasteiger partial charge in [-0.25, -0.2) is 14.2 Å². The minimum Gasteiger partial charge on any atom is -0.497 e. The molecule has 41 heavy (non-hydrogen) atoms. The van der Waals surface area contributed by atoms with Crippen molar-refractivity contribution in [1.82, 2.24) is 4.57 Å². The zero-order valence-electron chi connectivity index (χ0n) is 22.4. The molecule has 10 heteroatoms. The van der Waals surface area contributed by atoms with E-state index in [1.165, 1.54) is 22.6 Å². The van der Waals surface area contributed by atoms with Crippen LogP contribution in [0.2, 0.25) is 0 Å². The minimum absolute atomic E-state index is 0.00441. The van der Waals surface area contributed by atoms with Gasteiger partial charge < -0.3 is 14.4 Å². The highest BCUT2D eigenvalue weighted by molar-refractivity contribution is 7.07. The molecule has 206 valence electrons. The number of nitrogens with zero attached hydrogens (tertiary/aromatic N) is 3. The Morgan fingerprint density at radius 1 is 1.00 bits per heavy atom. The van der Waals surface area contributed by atoms with E-state index in [1.807, 2.05) is 0 Å². The number of aromatic nitrogens is 1. The first-order chi connectivity index (χ1) is 19.8. The molecule has 2 aliphatic heterocycles. The molecule has 0 radical (unpaired) electrons. The third kappa shape index (κ3) is 4.27. The highest BCUT2D eigenvalue weighted by atomic mass is 32.1. The molecular weight excluding hydrogens is 545 g/mol. The lowest BCUT2D eigenvalue weighted by molar-refractivity contribution is -0.136. The van der Waals surface area contributed by atoms with Crippen molar-refractivity contribution in [3.63, 3.8) is 0 Å². The summed E-state index contributed by atoms with van der Waals surface area (Å²) >= 11 is 1.08. The van der Waals surface area contributed by atoms with Crippen LogP contribution in [0.4, 0.5) is 10.1 Å². The van der Waals surface area contributed by atoms with Gasteiger partial charge in [-0.05, 0) is 36.8 Å². The van der Waals surface area contributed by atoms with Gasteiger partial charge in [-0.15, -0.1) is 0 Å². The number of carbonyl (C=O) groups excluding carboxylic acids is 2. The summed E-state index contributed by atoms with van der Waals surface area (Å²) in [4.78, 5) is 47.5. The summed E-state index contributed by atoms with van der Waals surface area (Å²) in [6.45, 7) is 1.69. The predicted octanol–water partition coefficient (Wildman–Crippen LogP) is 3.47. The monoisotopic (exact) mass is 569 g/mol. The van der Waals surface area contributed by atoms with Gasteiger partial charge in [0, 0.05) is 11.1 Å². The number of benzene rings is 3. The van der Waals surface area contributed by atoms with E-state index < -0.39 is 29.3 Å². The molecule has 0 N–H and O–H groups in total. The molecule has 1 aromatic heterocycles. The number of rotatable bonds is 5. The number of hydrogen-bond acceptors (Lipinski definition) is 7. The molecular formula is C31H24FN3O5S. The van der Waals surface area contributed by atoms with Crippen LogP contribution in [0.3, 0.4) is 0 Å². The zero-order valence-corrected chi connectivity index (χ0v) is 23.2. The van der Waals surface area contributed by atoms with Gasteiger partial charge in [-0.2, -0.15) is 0 Å². The maximum atomic E-state index is 14.5. The van der Waals surface area contributed by atoms with Crippen LogP contribution in [0.5, 0.6) is 5.75 Å². The smallest absolute Gasteiger partial charge is 0.338 e. The van der Waals surface area contributed by atoms with Gasteiger partial charge >= 0.3 is 5.97 Å². The van der Waals surface area contributed by atoms with Crippen molar-refractivity contribution >= 4 is 34.5 Å². The van der Waals surface area contributed by atoms with Crippen LogP contribution >= 0.6 is 11.3 Å². The van der Waals surface area contributed by atoms with E-state index in [0.29, 0.717) is 38.6 Å². The number of methoxy groups -OCH3 is 2. The molecule has 1 atom stereocenters. The topological polar surface area (TPSA) is 90.2 Å². The van der Waals surface area contributed by atoms with Gasteiger partial charge in [0.25, 0.3) is 11.5 Å². The van der Waals surface area contributed by atoms with Crippen LogP contribution < -0.4 is 24.5 Å². The highest BCUT2D eigenvalue weighted by Gasteiger charge is 2.37. The van der Waals surface area contributed by atoms with Crippen LogP contribution in [0.15, 0.2) is 93.9 Å². The number of ether oxygens (including phenoxy) is 2. The van der Waals surface area contributed by atoms with E-state index in [1.54, 1.807) is 80.8 Å². The third-order valence-corrected chi connectivity index (χ3v) is 8.32. The molecule has 2 aliphatic rings. The van der Waals surface area contributed by atoms with E-state index in [-0.39, 0.29) is 22.2 Å². The average Bonchev–Trinajstić information content (AvgIpc) is 3.45. The van der Waals surface area contributed by atoms with E-state index >= 15 is 0 Å². The van der Waals surface area contributed by atoms with E-state index in [4.69, 9.17) is 9.47 Å². The first-order valence-corrected chi connectivity index (χ1v) is 13.6. The van der Waals surface area contributed by atoms with Crippen molar-refractivity contribution in [3.8, 4) is 5.75 Å². The quantitative estimate of drug-likeness (QED) is 0.344. The molecule has 4 aromatic rings. The normalized spacial score (nSPS) is 17.2. The molecule has 0 saturated carbocycles. The number of hydrogen-bond donors (Lipinski definition) is 0. The standard InChI is InChI=1S/C31H24FN3O5S/c1-17-24(30(38)40-3)26(18-12-14-20(39-2)15-13-18)35-29(37)27(41-31(35)33-17)25-21-9-5-7-11-23(21)34(28(25)36)16-19-8-4-6-10-22(19)32/h4-15,26H,16H2,1-3H3. The van der Waals surface area contributed by atoms with Gasteiger partial charge in [0.15, 0.2) is 4.80 Å². The van der Waals surface area contributed by atoms with Crippen molar-refractivity contribution in [2.75, 3.05) is 19.1 Å². The largest absolute Gasteiger partial charge is 0.497 e. The second-order valence-electron chi connectivity index (χ2n) is 9.54. The molecule has 1 amide bonds. The Hall–Kier alpha value is -4.83. The summed E-state index contributed by atoms with van der Waals surface area (Å²) < 4.78 is 26.5. The molecule has 1 unspecified atom stereocenters. The lowest BCUT2D eigenvalue weighted by Crippen LogP contribution is -2.40. The number of carbonyl (C=O) groups is 2. The molecule has 3 heterocycles. The molecule has 3 aromatic carbocycles. The zero-order chi connectivity index (χ0) is 28.8. The number of amides is 1. The van der Waals surface area contributed by atoms with Gasteiger partial charge in [0.05, 0.1) is 49.3 Å². The number of para-hydroxylation sites is 1. The number of esters is 1. The molecule has 6 rings (SSSR count). The first-order valence-electron chi connectivity index (χ1n) is 12.8. The summed E-state index contributed by atoms with van der Waals surface area (Å²) in [5.41, 5.74) is 2.55. The lowest BCUT2D eigenvalue weighted by atomic mass is 9.96. The summed E-state index contributed by atoms with van der Waals surface area (Å²) in [5.74, 6) is -0.823. The molecule has 0 saturated heterocycles. The molecule has 0 aliphatic carbocycles. The highest BCUT2D eigenvalue weighted by Crippen LogP contribution is 2.37. The van der Waals surface area contributed by atoms with Crippen LogP contribution in [0.25, 0.3) is 5.57 Å². The van der Waals surface area contributed by atoms with Gasteiger partial charge in [0.2, 0.25) is 0 Å². The van der Waals surface area contributed by atoms with Crippen molar-refractivity contribution < 1.29 is 23.5 Å². The number of thiazole rings is 1. The van der Waals surface area contributed by atoms with E-state index in [0.717, 1.165) is 11.3 Å². The second-order valence-corrected chi connectivity index (χ2v) is 10.5. The lowest BCUT2D eigenvalue weighted by Gasteiger charge is -2.24. The van der Waals surface area contributed by atoms with Crippen LogP contribution in [0, 0.1) is 5.82 Å². The van der Waals surface area contributed by atoms with Crippen molar-refractivity contribution in [2.45, 2.75) is 19.5 Å². The minimum atomic E-state index is -0.833. The van der Waals surface area contributed by atoms with E-state index in [2.05, 4.69) is 4.99 Å². The fourth-order valence-electron chi connectivity index (χ4n) is 5.30. The SMILES string of the molecule is COC(=O)C1=C(C)N=c2sc(=C3C(=O)N(Cc4ccccc4F)c4ccccc43)c(=O)n2C1c1ccc(OC)cc1. The Morgan fingerprint density at radius 2 is 1.71 bits per heavy atom.